The smallest absolute Gasteiger partial charge is 0.237 e. The van der Waals surface area contributed by atoms with Crippen LogP contribution in [0.2, 0.25) is 0 Å². The maximum Gasteiger partial charge on any atom is 0.237 e. The number of amides is 1. The van der Waals surface area contributed by atoms with Crippen molar-refractivity contribution in [1.82, 2.24) is 10.2 Å². The zero-order valence-corrected chi connectivity index (χ0v) is 9.48. The van der Waals surface area contributed by atoms with Gasteiger partial charge in [0.15, 0.2) is 0 Å². The minimum Gasteiger partial charge on any atom is -0.325 e. The lowest BCUT2D eigenvalue weighted by Crippen LogP contribution is -2.39. The van der Waals surface area contributed by atoms with Crippen molar-refractivity contribution in [2.45, 2.75) is 37.6 Å². The summed E-state index contributed by atoms with van der Waals surface area (Å²) in [7, 11) is 0. The molecule has 1 N–H and O–H groups in total. The molecule has 2 saturated heterocycles. The number of hydrogen-bond acceptors (Lipinski definition) is 3. The number of carbonyl (C=O) groups excluding carboxylic acids is 1. The number of carbonyl (C=O) groups is 1. The molecule has 2 atom stereocenters. The molecule has 0 spiro atoms. The number of thioether (sulfide) groups is 1. The summed E-state index contributed by atoms with van der Waals surface area (Å²) in [5.74, 6) is 1.54. The lowest BCUT2D eigenvalue weighted by atomic mass is 10.2. The zero-order valence-electron chi connectivity index (χ0n) is 8.66. The average molecular weight is 214 g/mol. The number of nitrogens with one attached hydrogen (secondary N) is 1. The van der Waals surface area contributed by atoms with Crippen molar-refractivity contribution in [3.05, 3.63) is 0 Å². The van der Waals surface area contributed by atoms with Gasteiger partial charge in [0.2, 0.25) is 5.91 Å². The normalized spacial score (nSPS) is 33.8. The highest BCUT2D eigenvalue weighted by Gasteiger charge is 2.29. The molecule has 0 aromatic rings. The Kier molecular flexibility index (Phi) is 3.34. The first-order valence-corrected chi connectivity index (χ1v) is 6.46. The molecule has 0 aromatic heterocycles. The van der Waals surface area contributed by atoms with Crippen molar-refractivity contribution < 1.29 is 4.79 Å². The molecule has 2 unspecified atom stereocenters. The molecule has 0 saturated carbocycles. The SMILES string of the molecule is CC1NCC(=O)N1CC1CCCCS1. The fourth-order valence-electron chi connectivity index (χ4n) is 2.09. The van der Waals surface area contributed by atoms with Crippen LogP contribution in [0.25, 0.3) is 0 Å². The van der Waals surface area contributed by atoms with Gasteiger partial charge in [-0.25, -0.2) is 0 Å². The maximum atomic E-state index is 11.5. The Morgan fingerprint density at radius 3 is 3.00 bits per heavy atom. The lowest BCUT2D eigenvalue weighted by molar-refractivity contribution is -0.127. The van der Waals surface area contributed by atoms with Gasteiger partial charge in [-0.3, -0.25) is 10.1 Å². The number of hydrogen-bond donors (Lipinski definition) is 1. The highest BCUT2D eigenvalue weighted by Crippen LogP contribution is 2.26. The Hall–Kier alpha value is -0.220. The summed E-state index contributed by atoms with van der Waals surface area (Å²) in [5, 5.41) is 3.85. The second kappa shape index (κ2) is 4.53. The molecule has 2 aliphatic heterocycles. The van der Waals surface area contributed by atoms with Gasteiger partial charge in [-0.1, -0.05) is 6.42 Å². The van der Waals surface area contributed by atoms with Gasteiger partial charge < -0.3 is 4.90 Å². The van der Waals surface area contributed by atoms with Crippen LogP contribution >= 0.6 is 11.8 Å². The molecule has 3 nitrogen and oxygen atoms in total. The van der Waals surface area contributed by atoms with Crippen molar-refractivity contribution >= 4 is 17.7 Å². The van der Waals surface area contributed by atoms with E-state index in [2.05, 4.69) is 12.2 Å². The average Bonchev–Trinajstić information content (AvgIpc) is 2.51. The molecule has 14 heavy (non-hydrogen) atoms. The van der Waals surface area contributed by atoms with Gasteiger partial charge in [0.1, 0.15) is 0 Å². The molecule has 0 radical (unpaired) electrons. The van der Waals surface area contributed by atoms with Crippen LogP contribution < -0.4 is 5.32 Å². The third-order valence-electron chi connectivity index (χ3n) is 3.01. The fourth-order valence-corrected chi connectivity index (χ4v) is 3.40. The van der Waals surface area contributed by atoms with Crippen LogP contribution in [0.4, 0.5) is 0 Å². The molecule has 2 aliphatic rings. The number of rotatable bonds is 2. The third kappa shape index (κ3) is 2.23. The van der Waals surface area contributed by atoms with Gasteiger partial charge in [-0.2, -0.15) is 11.8 Å². The van der Waals surface area contributed by atoms with Crippen LogP contribution in [0.3, 0.4) is 0 Å². The van der Waals surface area contributed by atoms with Gasteiger partial charge in [0.25, 0.3) is 0 Å². The van der Waals surface area contributed by atoms with Crippen LogP contribution in [0, 0.1) is 0 Å². The van der Waals surface area contributed by atoms with Crippen molar-refractivity contribution in [1.29, 1.82) is 0 Å². The molecule has 80 valence electrons. The monoisotopic (exact) mass is 214 g/mol. The van der Waals surface area contributed by atoms with E-state index in [9.17, 15) is 4.79 Å². The Balaban J connectivity index is 1.85. The summed E-state index contributed by atoms with van der Waals surface area (Å²) in [4.78, 5) is 13.5. The first-order valence-electron chi connectivity index (χ1n) is 5.42. The maximum absolute atomic E-state index is 11.5. The highest BCUT2D eigenvalue weighted by molar-refractivity contribution is 7.99. The molecule has 0 aromatic carbocycles. The first kappa shape index (κ1) is 10.3. The summed E-state index contributed by atoms with van der Waals surface area (Å²) in [6, 6.07) is 0. The summed E-state index contributed by atoms with van der Waals surface area (Å²) in [6.45, 7) is 3.54. The molecule has 0 bridgehead atoms. The van der Waals surface area contributed by atoms with Crippen LogP contribution in [0.5, 0.6) is 0 Å². The molecule has 2 fully saturated rings. The summed E-state index contributed by atoms with van der Waals surface area (Å²) < 4.78 is 0. The standard InChI is InChI=1S/C10H18N2OS/c1-8-11-6-10(13)12(8)7-9-4-2-3-5-14-9/h8-9,11H,2-7H2,1H3. The van der Waals surface area contributed by atoms with Gasteiger partial charge in [-0.05, 0) is 25.5 Å². The van der Waals surface area contributed by atoms with Crippen LogP contribution in [-0.2, 0) is 4.79 Å². The molecule has 4 heteroatoms. The molecule has 2 rings (SSSR count). The van der Waals surface area contributed by atoms with E-state index in [0.717, 1.165) is 6.54 Å². The van der Waals surface area contributed by atoms with Crippen LogP contribution in [0.1, 0.15) is 26.2 Å². The van der Waals surface area contributed by atoms with E-state index in [0.29, 0.717) is 11.8 Å². The summed E-state index contributed by atoms with van der Waals surface area (Å²) in [5.41, 5.74) is 0. The predicted molar refractivity (Wildman–Crippen MR) is 59.3 cm³/mol. The molecule has 0 aliphatic carbocycles. The van der Waals surface area contributed by atoms with Crippen molar-refractivity contribution in [3.8, 4) is 0 Å². The Bertz CT molecular complexity index is 216. The quantitative estimate of drug-likeness (QED) is 0.746. The van der Waals surface area contributed by atoms with Crippen LogP contribution in [0.15, 0.2) is 0 Å². The van der Waals surface area contributed by atoms with E-state index < -0.39 is 0 Å². The van der Waals surface area contributed by atoms with E-state index >= 15 is 0 Å². The minimum atomic E-state index is 0.241. The van der Waals surface area contributed by atoms with Gasteiger partial charge in [-0.15, -0.1) is 0 Å². The zero-order chi connectivity index (χ0) is 9.97. The van der Waals surface area contributed by atoms with E-state index in [1.165, 1.54) is 25.0 Å². The fraction of sp³-hybridized carbons (Fsp3) is 0.900. The Labute approximate surface area is 89.6 Å². The van der Waals surface area contributed by atoms with Gasteiger partial charge in [0.05, 0.1) is 12.7 Å². The Morgan fingerprint density at radius 2 is 2.43 bits per heavy atom. The predicted octanol–water partition coefficient (Wildman–Crippen LogP) is 1.05. The molecule has 1 amide bonds. The van der Waals surface area contributed by atoms with Crippen molar-refractivity contribution in [2.24, 2.45) is 0 Å². The second-order valence-corrected chi connectivity index (χ2v) is 5.50. The van der Waals surface area contributed by atoms with Crippen molar-refractivity contribution in [2.75, 3.05) is 18.8 Å². The lowest BCUT2D eigenvalue weighted by Gasteiger charge is -2.28. The summed E-state index contributed by atoms with van der Waals surface area (Å²) in [6.07, 6.45) is 4.20. The summed E-state index contributed by atoms with van der Waals surface area (Å²) >= 11 is 2.03. The van der Waals surface area contributed by atoms with E-state index in [-0.39, 0.29) is 12.1 Å². The third-order valence-corrected chi connectivity index (χ3v) is 4.39. The molecular weight excluding hydrogens is 196 g/mol. The topological polar surface area (TPSA) is 32.3 Å². The van der Waals surface area contributed by atoms with Gasteiger partial charge >= 0.3 is 0 Å². The van der Waals surface area contributed by atoms with Crippen LogP contribution in [-0.4, -0.2) is 41.1 Å². The minimum absolute atomic E-state index is 0.241. The second-order valence-electron chi connectivity index (χ2n) is 4.09. The van der Waals surface area contributed by atoms with E-state index in [1.54, 1.807) is 0 Å². The van der Waals surface area contributed by atoms with Crippen molar-refractivity contribution in [3.63, 3.8) is 0 Å². The molecular formula is C10H18N2OS. The first-order chi connectivity index (χ1) is 6.77. The number of nitrogens with zero attached hydrogens (tertiary/aromatic N) is 1. The highest BCUT2D eigenvalue weighted by atomic mass is 32.2. The van der Waals surface area contributed by atoms with Gasteiger partial charge in [0, 0.05) is 11.8 Å². The van der Waals surface area contributed by atoms with E-state index in [4.69, 9.17) is 0 Å². The molecule has 2 heterocycles. The van der Waals surface area contributed by atoms with E-state index in [1.807, 2.05) is 16.7 Å². The largest absolute Gasteiger partial charge is 0.325 e. The Morgan fingerprint density at radius 1 is 1.57 bits per heavy atom.